The summed E-state index contributed by atoms with van der Waals surface area (Å²) in [6, 6.07) is 0.349. The molecule has 1 saturated heterocycles. The van der Waals surface area contributed by atoms with E-state index in [1.54, 1.807) is 0 Å². The zero-order valence-electron chi connectivity index (χ0n) is 11.1. The lowest BCUT2D eigenvalue weighted by atomic mass is 10.0. The largest absolute Gasteiger partial charge is 0.354 e. The van der Waals surface area contributed by atoms with Gasteiger partial charge in [0.25, 0.3) is 0 Å². The first-order valence-electron chi connectivity index (χ1n) is 6.75. The Morgan fingerprint density at radius 2 is 2.33 bits per heavy atom. The summed E-state index contributed by atoms with van der Waals surface area (Å²) in [5.74, 6) is 0.632. The van der Waals surface area contributed by atoms with Gasteiger partial charge in [-0.15, -0.1) is 0 Å². The first kappa shape index (κ1) is 13.1. The Morgan fingerprint density at radius 1 is 1.50 bits per heavy atom. The van der Waals surface area contributed by atoms with E-state index in [0.29, 0.717) is 17.8 Å². The van der Waals surface area contributed by atoms with Crippen molar-refractivity contribution in [3.05, 3.63) is 12.0 Å². The molecule has 0 amide bonds. The van der Waals surface area contributed by atoms with Crippen LogP contribution in [0.1, 0.15) is 39.5 Å². The van der Waals surface area contributed by atoms with E-state index >= 15 is 0 Å². The second-order valence-corrected chi connectivity index (χ2v) is 4.83. The van der Waals surface area contributed by atoms with Gasteiger partial charge in [0.1, 0.15) is 0 Å². The number of hydrogen-bond donors (Lipinski definition) is 1. The van der Waals surface area contributed by atoms with Gasteiger partial charge < -0.3 is 10.2 Å². The summed E-state index contributed by atoms with van der Waals surface area (Å²) in [7, 11) is 0. The van der Waals surface area contributed by atoms with E-state index in [4.69, 9.17) is 0 Å². The van der Waals surface area contributed by atoms with Crippen LogP contribution in [0.15, 0.2) is 6.20 Å². The standard InChI is InChI=1S/C13H21FN4/c1-3-7-15-13-16-9-11(14)12(17-13)18-8-5-4-6-10(18)2/h9-10H,3-8H2,1-2H3,(H,15,16,17). The normalized spacial score (nSPS) is 19.9. The Bertz CT molecular complexity index is 397. The van der Waals surface area contributed by atoms with Crippen molar-refractivity contribution in [2.45, 2.75) is 45.6 Å². The van der Waals surface area contributed by atoms with Crippen molar-refractivity contribution in [2.75, 3.05) is 23.3 Å². The van der Waals surface area contributed by atoms with E-state index in [9.17, 15) is 4.39 Å². The van der Waals surface area contributed by atoms with E-state index in [1.807, 2.05) is 0 Å². The molecule has 0 aromatic carbocycles. The summed E-state index contributed by atoms with van der Waals surface area (Å²) in [5.41, 5.74) is 0. The molecule has 2 rings (SSSR count). The Hall–Kier alpha value is -1.39. The Morgan fingerprint density at radius 3 is 3.06 bits per heavy atom. The number of aromatic nitrogens is 2. The number of nitrogens with zero attached hydrogens (tertiary/aromatic N) is 3. The Balaban J connectivity index is 2.19. The van der Waals surface area contributed by atoms with Crippen LogP contribution in [0, 0.1) is 5.82 Å². The summed E-state index contributed by atoms with van der Waals surface area (Å²) in [4.78, 5) is 10.3. The lowest BCUT2D eigenvalue weighted by Gasteiger charge is -2.34. The zero-order chi connectivity index (χ0) is 13.0. The van der Waals surface area contributed by atoms with Crippen LogP contribution in [0.3, 0.4) is 0 Å². The number of piperidine rings is 1. The van der Waals surface area contributed by atoms with Crippen LogP contribution in [0.25, 0.3) is 0 Å². The number of rotatable bonds is 4. The molecule has 2 heterocycles. The highest BCUT2D eigenvalue weighted by molar-refractivity contribution is 5.45. The van der Waals surface area contributed by atoms with Gasteiger partial charge in [-0.3, -0.25) is 0 Å². The van der Waals surface area contributed by atoms with Gasteiger partial charge in [-0.25, -0.2) is 9.37 Å². The van der Waals surface area contributed by atoms with Gasteiger partial charge in [0, 0.05) is 19.1 Å². The molecule has 1 atom stereocenters. The molecule has 1 aromatic heterocycles. The van der Waals surface area contributed by atoms with Crippen LogP contribution in [0.4, 0.5) is 16.2 Å². The first-order valence-corrected chi connectivity index (χ1v) is 6.75. The molecule has 1 aromatic rings. The average Bonchev–Trinajstić information content (AvgIpc) is 2.39. The molecular formula is C13H21FN4. The molecule has 1 aliphatic rings. The molecule has 0 spiro atoms. The van der Waals surface area contributed by atoms with E-state index in [-0.39, 0.29) is 5.82 Å². The van der Waals surface area contributed by atoms with Crippen LogP contribution in [0.5, 0.6) is 0 Å². The summed E-state index contributed by atoms with van der Waals surface area (Å²) < 4.78 is 13.9. The number of halogens is 1. The highest BCUT2D eigenvalue weighted by Crippen LogP contribution is 2.25. The predicted octanol–water partition coefficient (Wildman–Crippen LogP) is 2.82. The molecule has 0 radical (unpaired) electrons. The van der Waals surface area contributed by atoms with Crippen LogP contribution in [-0.4, -0.2) is 29.1 Å². The first-order chi connectivity index (χ1) is 8.72. The molecule has 5 heteroatoms. The monoisotopic (exact) mass is 252 g/mol. The average molecular weight is 252 g/mol. The molecule has 0 bridgehead atoms. The lowest BCUT2D eigenvalue weighted by molar-refractivity contribution is 0.470. The molecule has 18 heavy (non-hydrogen) atoms. The number of hydrogen-bond acceptors (Lipinski definition) is 4. The molecule has 1 aliphatic heterocycles. The van der Waals surface area contributed by atoms with Gasteiger partial charge in [-0.05, 0) is 32.6 Å². The third-order valence-electron chi connectivity index (χ3n) is 3.33. The van der Waals surface area contributed by atoms with Crippen molar-refractivity contribution < 1.29 is 4.39 Å². The van der Waals surface area contributed by atoms with Crippen LogP contribution in [-0.2, 0) is 0 Å². The highest BCUT2D eigenvalue weighted by atomic mass is 19.1. The quantitative estimate of drug-likeness (QED) is 0.894. The second-order valence-electron chi connectivity index (χ2n) is 4.83. The van der Waals surface area contributed by atoms with Crippen LogP contribution >= 0.6 is 0 Å². The van der Waals surface area contributed by atoms with E-state index in [0.717, 1.165) is 32.4 Å². The molecule has 0 aliphatic carbocycles. The minimum absolute atomic E-state index is 0.328. The molecule has 4 nitrogen and oxygen atoms in total. The SMILES string of the molecule is CCCNc1ncc(F)c(N2CCCCC2C)n1. The van der Waals surface area contributed by atoms with Gasteiger partial charge in [0.05, 0.1) is 6.20 Å². The van der Waals surface area contributed by atoms with E-state index in [1.165, 1.54) is 12.6 Å². The maximum absolute atomic E-state index is 13.9. The second kappa shape index (κ2) is 5.98. The lowest BCUT2D eigenvalue weighted by Crippen LogP contribution is -2.38. The third-order valence-corrected chi connectivity index (χ3v) is 3.33. The summed E-state index contributed by atoms with van der Waals surface area (Å²) in [6.45, 7) is 5.88. The summed E-state index contributed by atoms with van der Waals surface area (Å²) in [6.07, 6.45) is 5.68. The van der Waals surface area contributed by atoms with Gasteiger partial charge in [-0.1, -0.05) is 6.92 Å². The predicted molar refractivity (Wildman–Crippen MR) is 71.4 cm³/mol. The zero-order valence-corrected chi connectivity index (χ0v) is 11.1. The fourth-order valence-electron chi connectivity index (χ4n) is 2.29. The van der Waals surface area contributed by atoms with Gasteiger partial charge >= 0.3 is 0 Å². The molecule has 1 fully saturated rings. The van der Waals surface area contributed by atoms with E-state index < -0.39 is 0 Å². The summed E-state index contributed by atoms with van der Waals surface area (Å²) >= 11 is 0. The Kier molecular flexibility index (Phi) is 4.33. The minimum atomic E-state index is -0.328. The van der Waals surface area contributed by atoms with Crippen LogP contribution < -0.4 is 10.2 Å². The molecular weight excluding hydrogens is 231 g/mol. The Labute approximate surface area is 108 Å². The maximum atomic E-state index is 13.9. The van der Waals surface area contributed by atoms with Crippen molar-refractivity contribution in [1.29, 1.82) is 0 Å². The molecule has 100 valence electrons. The molecule has 0 saturated carbocycles. The smallest absolute Gasteiger partial charge is 0.224 e. The van der Waals surface area contributed by atoms with Gasteiger partial charge in [0.2, 0.25) is 5.95 Å². The van der Waals surface area contributed by atoms with Crippen molar-refractivity contribution in [2.24, 2.45) is 0 Å². The topological polar surface area (TPSA) is 41.1 Å². The third kappa shape index (κ3) is 2.89. The van der Waals surface area contributed by atoms with Crippen molar-refractivity contribution >= 4 is 11.8 Å². The molecule has 1 N–H and O–H groups in total. The number of anilines is 2. The van der Waals surface area contributed by atoms with Crippen molar-refractivity contribution in [3.8, 4) is 0 Å². The summed E-state index contributed by atoms with van der Waals surface area (Å²) in [5, 5.41) is 3.10. The maximum Gasteiger partial charge on any atom is 0.224 e. The highest BCUT2D eigenvalue weighted by Gasteiger charge is 2.23. The van der Waals surface area contributed by atoms with Crippen molar-refractivity contribution in [3.63, 3.8) is 0 Å². The minimum Gasteiger partial charge on any atom is -0.354 e. The fraction of sp³-hybridized carbons (Fsp3) is 0.692. The number of nitrogens with one attached hydrogen (secondary N) is 1. The van der Waals surface area contributed by atoms with Crippen molar-refractivity contribution in [1.82, 2.24) is 9.97 Å². The van der Waals surface area contributed by atoms with Gasteiger partial charge in [0.15, 0.2) is 11.6 Å². The van der Waals surface area contributed by atoms with E-state index in [2.05, 4.69) is 34.0 Å². The van der Waals surface area contributed by atoms with Crippen LogP contribution in [0.2, 0.25) is 0 Å². The molecule has 1 unspecified atom stereocenters. The fourth-order valence-corrected chi connectivity index (χ4v) is 2.29. The van der Waals surface area contributed by atoms with Gasteiger partial charge in [-0.2, -0.15) is 4.98 Å².